The molecule has 1 aromatic carbocycles. The molecule has 0 heterocycles. The summed E-state index contributed by atoms with van der Waals surface area (Å²) in [5.41, 5.74) is -0.275. The van der Waals surface area contributed by atoms with Crippen molar-refractivity contribution in [1.82, 2.24) is 0 Å². The molecule has 114 valence electrons. The van der Waals surface area contributed by atoms with Gasteiger partial charge < -0.3 is 0 Å². The number of carbonyl (C=O) groups is 3. The molecule has 2 unspecified atom stereocenters. The van der Waals surface area contributed by atoms with Crippen LogP contribution in [0.2, 0.25) is 0 Å². The Balaban J connectivity index is 2.69. The molecule has 0 spiro atoms. The van der Waals surface area contributed by atoms with Gasteiger partial charge >= 0.3 is 126 Å². The van der Waals surface area contributed by atoms with Crippen molar-refractivity contribution in [3.05, 3.63) is 39.9 Å². The van der Waals surface area contributed by atoms with Gasteiger partial charge in [0.25, 0.3) is 0 Å². The molecule has 0 radical (unpaired) electrons. The van der Waals surface area contributed by atoms with Crippen molar-refractivity contribution < 1.29 is 28.7 Å². The summed E-state index contributed by atoms with van der Waals surface area (Å²) in [6.45, 7) is 1.20. The summed E-state index contributed by atoms with van der Waals surface area (Å²) in [5.74, 6) is -4.40. The summed E-state index contributed by atoms with van der Waals surface area (Å²) in [6.07, 6.45) is 0. The van der Waals surface area contributed by atoms with Gasteiger partial charge in [0.05, 0.1) is 0 Å². The summed E-state index contributed by atoms with van der Waals surface area (Å²) >= 11 is 0. The van der Waals surface area contributed by atoms with Crippen molar-refractivity contribution in [3.8, 4) is 0 Å². The summed E-state index contributed by atoms with van der Waals surface area (Å²) in [7, 11) is 2.74. The van der Waals surface area contributed by atoms with E-state index in [4.69, 9.17) is 0 Å². The van der Waals surface area contributed by atoms with Crippen molar-refractivity contribution in [1.29, 1.82) is 0 Å². The van der Waals surface area contributed by atoms with E-state index in [9.17, 15) is 24.5 Å². The topological polar surface area (TPSA) is 125 Å². The molecule has 1 aromatic rings. The summed E-state index contributed by atoms with van der Waals surface area (Å²) in [6, 6.07) is 4.46. The van der Waals surface area contributed by atoms with Gasteiger partial charge in [-0.05, 0) is 0 Å². The summed E-state index contributed by atoms with van der Waals surface area (Å²) in [5, 5.41) is 10.5. The van der Waals surface area contributed by atoms with Gasteiger partial charge in [0.15, 0.2) is 0 Å². The first-order chi connectivity index (χ1) is 10.4. The molecule has 9 nitrogen and oxygen atoms in total. The monoisotopic (exact) mass is 324 g/mol. The van der Waals surface area contributed by atoms with Gasteiger partial charge in [-0.3, -0.25) is 0 Å². The molecule has 0 aliphatic carbocycles. The Labute approximate surface area is 127 Å². The quantitative estimate of drug-likeness (QED) is 0.198. The number of non-ortho nitro benzene ring substituents is 1. The third-order valence-electron chi connectivity index (χ3n) is 2.44. The van der Waals surface area contributed by atoms with Crippen LogP contribution in [0.15, 0.2) is 28.9 Å². The maximum atomic E-state index is 11.7. The summed E-state index contributed by atoms with van der Waals surface area (Å²) < 4.78 is 12.3. The number of ether oxygens (including phenoxy) is 1. The van der Waals surface area contributed by atoms with Crippen molar-refractivity contribution in [3.63, 3.8) is 0 Å². The van der Waals surface area contributed by atoms with E-state index in [2.05, 4.69) is 14.1 Å². The fraction of sp³-hybridized carbons (Fsp3) is 0.182. The molecule has 0 bridgehead atoms. The molecule has 1 rings (SSSR count). The maximum absolute atomic E-state index is 11.7. The zero-order valence-electron chi connectivity index (χ0n) is 11.3. The van der Waals surface area contributed by atoms with E-state index < -0.39 is 28.7 Å². The molecule has 0 N–H and O–H groups in total. The number of nitro benzene ring substituents is 1. The number of hydrogen-bond acceptors (Lipinski definition) is 8. The SMILES string of the molecule is CC(C(=O)OB=NP)C(=O)OC(=O)c1ccc([N+](=O)[O-])cc1. The van der Waals surface area contributed by atoms with Crippen molar-refractivity contribution in [2.45, 2.75) is 6.92 Å². The number of esters is 2. The van der Waals surface area contributed by atoms with Crippen LogP contribution >= 0.6 is 9.39 Å². The van der Waals surface area contributed by atoms with Crippen LogP contribution < -0.4 is 0 Å². The minimum absolute atomic E-state index is 0.0639. The fourth-order valence-corrected chi connectivity index (χ4v) is 1.30. The molecule has 0 aromatic heterocycles. The van der Waals surface area contributed by atoms with E-state index in [-0.39, 0.29) is 11.3 Å². The zero-order valence-corrected chi connectivity index (χ0v) is 12.4. The second kappa shape index (κ2) is 8.09. The zero-order chi connectivity index (χ0) is 16.7. The van der Waals surface area contributed by atoms with Crippen LogP contribution in [0.3, 0.4) is 0 Å². The Morgan fingerprint density at radius 2 is 1.86 bits per heavy atom. The number of carbonyl (C=O) groups excluding carboxylic acids is 3. The van der Waals surface area contributed by atoms with E-state index in [1.165, 1.54) is 6.92 Å². The van der Waals surface area contributed by atoms with Crippen LogP contribution in [0.4, 0.5) is 5.69 Å². The molecule has 22 heavy (non-hydrogen) atoms. The van der Waals surface area contributed by atoms with Crippen LogP contribution in [0, 0.1) is 16.0 Å². The normalized spacial score (nSPS) is 11.4. The molecule has 0 saturated carbocycles. The van der Waals surface area contributed by atoms with Crippen molar-refractivity contribution in [2.75, 3.05) is 0 Å². The van der Waals surface area contributed by atoms with E-state index in [0.717, 1.165) is 31.5 Å². The molecule has 0 saturated heterocycles. The molecular weight excluding hydrogens is 314 g/mol. The van der Waals surface area contributed by atoms with Crippen LogP contribution in [0.1, 0.15) is 17.3 Å². The average molecular weight is 324 g/mol. The Morgan fingerprint density at radius 3 is 2.36 bits per heavy atom. The Morgan fingerprint density at radius 1 is 1.27 bits per heavy atom. The van der Waals surface area contributed by atoms with Gasteiger partial charge in [-0.25, -0.2) is 0 Å². The number of nitrogens with zero attached hydrogens (tertiary/aromatic N) is 2. The van der Waals surface area contributed by atoms with Gasteiger partial charge in [-0.2, -0.15) is 0 Å². The van der Waals surface area contributed by atoms with Crippen LogP contribution in [0.5, 0.6) is 0 Å². The third-order valence-corrected chi connectivity index (χ3v) is 2.57. The predicted molar refractivity (Wildman–Crippen MR) is 76.7 cm³/mol. The number of nitro groups is 1. The predicted octanol–water partition coefficient (Wildman–Crippen LogP) is 1.05. The second-order valence-corrected chi connectivity index (χ2v) is 4.22. The first-order valence-electron chi connectivity index (χ1n) is 5.79. The average Bonchev–Trinajstić information content (AvgIpc) is 2.51. The van der Waals surface area contributed by atoms with Crippen LogP contribution in [-0.4, -0.2) is 30.1 Å². The van der Waals surface area contributed by atoms with Gasteiger partial charge in [0.1, 0.15) is 0 Å². The number of benzene rings is 1. The number of hydrogen-bond donors (Lipinski definition) is 0. The van der Waals surface area contributed by atoms with Crippen molar-refractivity contribution in [2.24, 2.45) is 10.6 Å². The van der Waals surface area contributed by atoms with Gasteiger partial charge in [0, 0.05) is 0 Å². The molecule has 0 aliphatic rings. The Kier molecular flexibility index (Phi) is 6.46. The minimum atomic E-state index is -1.33. The van der Waals surface area contributed by atoms with E-state index in [0.29, 0.717) is 0 Å². The van der Waals surface area contributed by atoms with E-state index in [1.807, 2.05) is 9.39 Å². The number of rotatable bonds is 5. The molecule has 0 fully saturated rings. The second-order valence-electron chi connectivity index (χ2n) is 3.93. The van der Waals surface area contributed by atoms with Gasteiger partial charge in [-0.1, -0.05) is 0 Å². The molecule has 11 heteroatoms. The van der Waals surface area contributed by atoms with Gasteiger partial charge in [0.2, 0.25) is 0 Å². The van der Waals surface area contributed by atoms with E-state index in [1.54, 1.807) is 0 Å². The Hall–Kier alpha value is -2.48. The molecule has 0 amide bonds. The van der Waals surface area contributed by atoms with Crippen molar-refractivity contribution >= 4 is 40.3 Å². The van der Waals surface area contributed by atoms with Crippen LogP contribution in [-0.2, 0) is 19.0 Å². The third kappa shape index (κ3) is 4.82. The first-order valence-corrected chi connectivity index (χ1v) is 6.31. The standard InChI is InChI=1S/C11H10BN2O7P/c1-6(10(16)21-12-13-22)9(15)20-11(17)7-2-4-8(5-3-7)14(18)19/h2-6H,22H2,1H3. The van der Waals surface area contributed by atoms with E-state index >= 15 is 0 Å². The molecule has 2 atom stereocenters. The summed E-state index contributed by atoms with van der Waals surface area (Å²) in [4.78, 5) is 44.5. The molecular formula is C11H10BN2O7P. The molecule has 0 aliphatic heterocycles. The Bertz CT molecular complexity index is 632. The first kappa shape index (κ1) is 17.6. The fourth-order valence-electron chi connectivity index (χ4n) is 1.24. The van der Waals surface area contributed by atoms with Gasteiger partial charge in [-0.15, -0.1) is 0 Å². The van der Waals surface area contributed by atoms with Crippen LogP contribution in [0.25, 0.3) is 0 Å².